The molecule has 2 rings (SSSR count). The minimum Gasteiger partial charge on any atom is -0.508 e. The fourth-order valence-electron chi connectivity index (χ4n) is 2.43. The summed E-state index contributed by atoms with van der Waals surface area (Å²) in [5.41, 5.74) is 2.79. The number of aryl methyl sites for hydroxylation is 1. The van der Waals surface area contributed by atoms with E-state index in [2.05, 4.69) is 12.2 Å². The monoisotopic (exact) mass is 287 g/mol. The summed E-state index contributed by atoms with van der Waals surface area (Å²) in [5.74, 6) is 0.0994. The Kier molecular flexibility index (Phi) is 5.34. The molecule has 21 heavy (non-hydrogen) atoms. The number of aromatic hydroxyl groups is 1. The Morgan fingerprint density at radius 3 is 2.67 bits per heavy atom. The number of phenols is 1. The Labute approximate surface area is 125 Å². The zero-order chi connectivity index (χ0) is 15.2. The standard InChI is InChI=1S/C18H22FNO/c1-3-9-20-18(12-14-5-4-6-16(21)11-14)15-7-8-17(19)13(2)10-15/h4-8,10-11,18,20-21H,3,9,12H2,1-2H3. The van der Waals surface area contributed by atoms with Gasteiger partial charge in [0.05, 0.1) is 0 Å². The Bertz CT molecular complexity index is 598. The van der Waals surface area contributed by atoms with E-state index in [1.54, 1.807) is 19.1 Å². The molecular weight excluding hydrogens is 265 g/mol. The lowest BCUT2D eigenvalue weighted by atomic mass is 9.97. The number of nitrogens with one attached hydrogen (secondary N) is 1. The predicted molar refractivity (Wildman–Crippen MR) is 84.0 cm³/mol. The average Bonchev–Trinajstić information content (AvgIpc) is 2.46. The molecule has 0 saturated heterocycles. The number of hydrogen-bond donors (Lipinski definition) is 2. The van der Waals surface area contributed by atoms with E-state index in [-0.39, 0.29) is 17.6 Å². The van der Waals surface area contributed by atoms with Crippen LogP contribution in [0.5, 0.6) is 5.75 Å². The molecule has 1 atom stereocenters. The number of rotatable bonds is 6. The third-order valence-corrected chi connectivity index (χ3v) is 3.58. The lowest BCUT2D eigenvalue weighted by molar-refractivity contribution is 0.472. The molecule has 0 saturated carbocycles. The molecule has 0 aromatic heterocycles. The minimum absolute atomic E-state index is 0.117. The van der Waals surface area contributed by atoms with Crippen molar-refractivity contribution in [3.8, 4) is 5.75 Å². The average molecular weight is 287 g/mol. The van der Waals surface area contributed by atoms with Crippen LogP contribution in [-0.4, -0.2) is 11.7 Å². The van der Waals surface area contributed by atoms with E-state index in [0.717, 1.165) is 30.5 Å². The van der Waals surface area contributed by atoms with Gasteiger partial charge >= 0.3 is 0 Å². The van der Waals surface area contributed by atoms with Crippen LogP contribution in [0.4, 0.5) is 4.39 Å². The first-order valence-electron chi connectivity index (χ1n) is 7.37. The second kappa shape index (κ2) is 7.23. The predicted octanol–water partition coefficient (Wildman–Crippen LogP) is 4.12. The van der Waals surface area contributed by atoms with Gasteiger partial charge in [-0.15, -0.1) is 0 Å². The van der Waals surface area contributed by atoms with Crippen LogP contribution in [0.25, 0.3) is 0 Å². The maximum atomic E-state index is 13.4. The van der Waals surface area contributed by atoms with Crippen molar-refractivity contribution in [1.29, 1.82) is 0 Å². The van der Waals surface area contributed by atoms with Crippen LogP contribution in [0.2, 0.25) is 0 Å². The zero-order valence-corrected chi connectivity index (χ0v) is 12.6. The van der Waals surface area contributed by atoms with Crippen molar-refractivity contribution in [3.05, 3.63) is 65.0 Å². The SMILES string of the molecule is CCCNC(Cc1cccc(O)c1)c1ccc(F)c(C)c1. The molecule has 0 aliphatic rings. The van der Waals surface area contributed by atoms with Gasteiger partial charge in [-0.25, -0.2) is 4.39 Å². The molecule has 0 radical (unpaired) electrons. The van der Waals surface area contributed by atoms with E-state index in [0.29, 0.717) is 5.56 Å². The molecular formula is C18H22FNO. The van der Waals surface area contributed by atoms with Crippen LogP contribution in [0.1, 0.15) is 36.1 Å². The van der Waals surface area contributed by atoms with Gasteiger partial charge in [0.25, 0.3) is 0 Å². The van der Waals surface area contributed by atoms with E-state index in [1.807, 2.05) is 24.3 Å². The van der Waals surface area contributed by atoms with E-state index in [4.69, 9.17) is 0 Å². The summed E-state index contributed by atoms with van der Waals surface area (Å²) in [6.07, 6.45) is 1.80. The maximum absolute atomic E-state index is 13.4. The summed E-state index contributed by atoms with van der Waals surface area (Å²) in [6.45, 7) is 4.80. The molecule has 2 aromatic carbocycles. The molecule has 2 N–H and O–H groups in total. The summed E-state index contributed by atoms with van der Waals surface area (Å²) in [7, 11) is 0. The minimum atomic E-state index is -0.176. The highest BCUT2D eigenvalue weighted by molar-refractivity contribution is 5.31. The van der Waals surface area contributed by atoms with Crippen molar-refractivity contribution in [2.24, 2.45) is 0 Å². The maximum Gasteiger partial charge on any atom is 0.126 e. The van der Waals surface area contributed by atoms with Gasteiger partial charge in [0.1, 0.15) is 11.6 Å². The van der Waals surface area contributed by atoms with Gasteiger partial charge in [-0.1, -0.05) is 31.2 Å². The Balaban J connectivity index is 2.22. The van der Waals surface area contributed by atoms with Crippen molar-refractivity contribution in [1.82, 2.24) is 5.32 Å². The summed E-state index contributed by atoms with van der Waals surface area (Å²) >= 11 is 0. The third-order valence-electron chi connectivity index (χ3n) is 3.58. The molecule has 0 amide bonds. The van der Waals surface area contributed by atoms with Crippen LogP contribution >= 0.6 is 0 Å². The molecule has 0 bridgehead atoms. The van der Waals surface area contributed by atoms with Gasteiger partial charge in [0.15, 0.2) is 0 Å². The van der Waals surface area contributed by atoms with Gasteiger partial charge in [0.2, 0.25) is 0 Å². The Morgan fingerprint density at radius 2 is 2.00 bits per heavy atom. The smallest absolute Gasteiger partial charge is 0.126 e. The van der Waals surface area contributed by atoms with Crippen LogP contribution in [-0.2, 0) is 6.42 Å². The molecule has 0 aliphatic carbocycles. The quantitative estimate of drug-likeness (QED) is 0.837. The molecule has 1 unspecified atom stereocenters. The second-order valence-electron chi connectivity index (χ2n) is 5.39. The Hall–Kier alpha value is -1.87. The van der Waals surface area contributed by atoms with Gasteiger partial charge < -0.3 is 10.4 Å². The van der Waals surface area contributed by atoms with Crippen LogP contribution < -0.4 is 5.32 Å². The van der Waals surface area contributed by atoms with Gasteiger partial charge in [0, 0.05) is 6.04 Å². The number of hydrogen-bond acceptors (Lipinski definition) is 2. The van der Waals surface area contributed by atoms with Crippen molar-refractivity contribution < 1.29 is 9.50 Å². The summed E-state index contributed by atoms with van der Waals surface area (Å²) < 4.78 is 13.4. The molecule has 0 aliphatic heterocycles. The lowest BCUT2D eigenvalue weighted by Gasteiger charge is -2.20. The van der Waals surface area contributed by atoms with E-state index in [9.17, 15) is 9.50 Å². The second-order valence-corrected chi connectivity index (χ2v) is 5.39. The highest BCUT2D eigenvalue weighted by atomic mass is 19.1. The topological polar surface area (TPSA) is 32.3 Å². The first-order chi connectivity index (χ1) is 10.1. The summed E-state index contributed by atoms with van der Waals surface area (Å²) in [5, 5.41) is 13.1. The summed E-state index contributed by atoms with van der Waals surface area (Å²) in [6, 6.07) is 12.6. The Morgan fingerprint density at radius 1 is 1.19 bits per heavy atom. The largest absolute Gasteiger partial charge is 0.508 e. The summed E-state index contributed by atoms with van der Waals surface area (Å²) in [4.78, 5) is 0. The van der Waals surface area contributed by atoms with Gasteiger partial charge in [-0.05, 0) is 61.2 Å². The third kappa shape index (κ3) is 4.30. The van der Waals surface area contributed by atoms with Crippen molar-refractivity contribution >= 4 is 0 Å². The first kappa shape index (κ1) is 15.5. The molecule has 0 heterocycles. The molecule has 0 fully saturated rings. The molecule has 0 spiro atoms. The number of benzene rings is 2. The lowest BCUT2D eigenvalue weighted by Crippen LogP contribution is -2.24. The zero-order valence-electron chi connectivity index (χ0n) is 12.6. The van der Waals surface area contributed by atoms with Crippen molar-refractivity contribution in [2.45, 2.75) is 32.7 Å². The van der Waals surface area contributed by atoms with Crippen LogP contribution in [0.15, 0.2) is 42.5 Å². The van der Waals surface area contributed by atoms with Crippen LogP contribution in [0.3, 0.4) is 0 Å². The number of halogens is 1. The highest BCUT2D eigenvalue weighted by Crippen LogP contribution is 2.22. The molecule has 2 aromatic rings. The number of phenolic OH excluding ortho intramolecular Hbond substituents is 1. The van der Waals surface area contributed by atoms with E-state index < -0.39 is 0 Å². The van der Waals surface area contributed by atoms with Crippen molar-refractivity contribution in [3.63, 3.8) is 0 Å². The van der Waals surface area contributed by atoms with E-state index >= 15 is 0 Å². The first-order valence-corrected chi connectivity index (χ1v) is 7.37. The van der Waals surface area contributed by atoms with Gasteiger partial charge in [-0.3, -0.25) is 0 Å². The highest BCUT2D eigenvalue weighted by Gasteiger charge is 2.13. The van der Waals surface area contributed by atoms with Gasteiger partial charge in [-0.2, -0.15) is 0 Å². The molecule has 112 valence electrons. The van der Waals surface area contributed by atoms with Crippen molar-refractivity contribution in [2.75, 3.05) is 6.54 Å². The van der Waals surface area contributed by atoms with E-state index in [1.165, 1.54) is 6.07 Å². The fourth-order valence-corrected chi connectivity index (χ4v) is 2.43. The normalized spacial score (nSPS) is 12.3. The molecule has 2 nitrogen and oxygen atoms in total. The fraction of sp³-hybridized carbons (Fsp3) is 0.333. The van der Waals surface area contributed by atoms with Crippen LogP contribution in [0, 0.1) is 12.7 Å². The molecule has 3 heteroatoms.